The predicted octanol–water partition coefficient (Wildman–Crippen LogP) is 2.75. The molecule has 1 fully saturated rings. The lowest BCUT2D eigenvalue weighted by Crippen LogP contribution is -2.39. The molecule has 5 nitrogen and oxygen atoms in total. The van der Waals surface area contributed by atoms with E-state index in [1.54, 1.807) is 0 Å². The molecule has 3 rings (SSSR count). The van der Waals surface area contributed by atoms with E-state index < -0.39 is 0 Å². The third kappa shape index (κ3) is 3.81. The van der Waals surface area contributed by atoms with Crippen molar-refractivity contribution in [2.45, 2.75) is 58.5 Å². The molecule has 0 bridgehead atoms. The molecule has 0 saturated carbocycles. The highest BCUT2D eigenvalue weighted by atomic mass is 16.2. The summed E-state index contributed by atoms with van der Waals surface area (Å²) in [5, 5.41) is 4.72. The number of carbonyl (C=O) groups excluding carboxylic acids is 1. The van der Waals surface area contributed by atoms with E-state index in [4.69, 9.17) is 5.10 Å². The van der Waals surface area contributed by atoms with E-state index in [0.717, 1.165) is 51.7 Å². The van der Waals surface area contributed by atoms with E-state index in [1.165, 1.54) is 11.3 Å². The van der Waals surface area contributed by atoms with Gasteiger partial charge >= 0.3 is 0 Å². The summed E-state index contributed by atoms with van der Waals surface area (Å²) in [5.41, 5.74) is 3.13. The predicted molar refractivity (Wildman–Crippen MR) is 101 cm³/mol. The van der Waals surface area contributed by atoms with Crippen molar-refractivity contribution in [2.75, 3.05) is 26.7 Å². The SMILES string of the molecule is C=CCn1nc(C(=O)N2CCCC2)c2c1CC[C@@H](N(C)CC(C)C)C2. The number of fused-ring (bicyclic) bond motifs is 1. The first-order valence-corrected chi connectivity index (χ1v) is 9.70. The van der Waals surface area contributed by atoms with Crippen LogP contribution in [0.3, 0.4) is 0 Å². The lowest BCUT2D eigenvalue weighted by molar-refractivity contribution is 0.0784. The Morgan fingerprint density at radius 3 is 2.76 bits per heavy atom. The fourth-order valence-corrected chi connectivity index (χ4v) is 4.29. The third-order valence-electron chi connectivity index (χ3n) is 5.49. The summed E-state index contributed by atoms with van der Waals surface area (Å²) in [5.74, 6) is 0.782. The smallest absolute Gasteiger partial charge is 0.274 e. The molecule has 1 aliphatic carbocycles. The Kier molecular flexibility index (Phi) is 5.62. The monoisotopic (exact) mass is 344 g/mol. The van der Waals surface area contributed by atoms with Crippen LogP contribution in [0, 0.1) is 5.92 Å². The fourth-order valence-electron chi connectivity index (χ4n) is 4.29. The van der Waals surface area contributed by atoms with Gasteiger partial charge in [-0.15, -0.1) is 6.58 Å². The first-order chi connectivity index (χ1) is 12.0. The van der Waals surface area contributed by atoms with E-state index >= 15 is 0 Å². The molecule has 1 saturated heterocycles. The van der Waals surface area contributed by atoms with E-state index in [1.807, 2.05) is 15.7 Å². The van der Waals surface area contributed by atoms with Gasteiger partial charge in [-0.2, -0.15) is 5.10 Å². The number of nitrogens with zero attached hydrogens (tertiary/aromatic N) is 4. The van der Waals surface area contributed by atoms with Crippen LogP contribution in [0.1, 0.15) is 54.9 Å². The largest absolute Gasteiger partial charge is 0.337 e. The average Bonchev–Trinajstić information content (AvgIpc) is 3.22. The molecule has 0 unspecified atom stereocenters. The van der Waals surface area contributed by atoms with Gasteiger partial charge in [-0.25, -0.2) is 0 Å². The van der Waals surface area contributed by atoms with Gasteiger partial charge in [-0.3, -0.25) is 9.48 Å². The summed E-state index contributed by atoms with van der Waals surface area (Å²) in [6.45, 7) is 11.9. The molecule has 2 aliphatic rings. The highest BCUT2D eigenvalue weighted by Crippen LogP contribution is 2.29. The average molecular weight is 345 g/mol. The van der Waals surface area contributed by atoms with Gasteiger partial charge in [-0.1, -0.05) is 19.9 Å². The molecule has 1 aromatic rings. The van der Waals surface area contributed by atoms with Crippen LogP contribution in [0.5, 0.6) is 0 Å². The van der Waals surface area contributed by atoms with Crippen LogP contribution in [0.4, 0.5) is 0 Å². The Bertz CT molecular complexity index is 628. The number of hydrogen-bond acceptors (Lipinski definition) is 3. The molecule has 1 aliphatic heterocycles. The zero-order valence-electron chi connectivity index (χ0n) is 16.0. The molecule has 138 valence electrons. The number of aromatic nitrogens is 2. The summed E-state index contributed by atoms with van der Waals surface area (Å²) < 4.78 is 2.00. The quantitative estimate of drug-likeness (QED) is 0.745. The van der Waals surface area contributed by atoms with E-state index in [-0.39, 0.29) is 5.91 Å². The highest BCUT2D eigenvalue weighted by Gasteiger charge is 2.32. The molecular weight excluding hydrogens is 312 g/mol. The fraction of sp³-hybridized carbons (Fsp3) is 0.700. The molecule has 1 atom stereocenters. The van der Waals surface area contributed by atoms with Crippen LogP contribution in [0.15, 0.2) is 12.7 Å². The van der Waals surface area contributed by atoms with Crippen LogP contribution in [-0.4, -0.2) is 58.2 Å². The van der Waals surface area contributed by atoms with Gasteiger partial charge in [0.2, 0.25) is 0 Å². The number of likely N-dealkylation sites (tertiary alicyclic amines) is 1. The van der Waals surface area contributed by atoms with Crippen LogP contribution in [0.25, 0.3) is 0 Å². The van der Waals surface area contributed by atoms with Gasteiger partial charge in [0.25, 0.3) is 5.91 Å². The summed E-state index contributed by atoms with van der Waals surface area (Å²) in [6.07, 6.45) is 7.16. The molecule has 0 spiro atoms. The Balaban J connectivity index is 1.87. The minimum absolute atomic E-state index is 0.128. The normalized spacial score (nSPS) is 20.4. The number of rotatable bonds is 6. The van der Waals surface area contributed by atoms with Crippen LogP contribution >= 0.6 is 0 Å². The molecule has 0 radical (unpaired) electrons. The Hall–Kier alpha value is -1.62. The Morgan fingerprint density at radius 1 is 1.40 bits per heavy atom. The second-order valence-electron chi connectivity index (χ2n) is 7.97. The maximum atomic E-state index is 13.0. The van der Waals surface area contributed by atoms with Crippen molar-refractivity contribution in [1.29, 1.82) is 0 Å². The number of likely N-dealkylation sites (N-methyl/N-ethyl adjacent to an activating group) is 1. The number of hydrogen-bond donors (Lipinski definition) is 0. The molecule has 2 heterocycles. The number of amides is 1. The zero-order valence-corrected chi connectivity index (χ0v) is 16.0. The van der Waals surface area contributed by atoms with Gasteiger partial charge in [0.1, 0.15) is 0 Å². The lowest BCUT2D eigenvalue weighted by atomic mass is 9.90. The van der Waals surface area contributed by atoms with Gasteiger partial charge in [-0.05, 0) is 45.1 Å². The highest BCUT2D eigenvalue weighted by molar-refractivity contribution is 5.94. The number of carbonyl (C=O) groups is 1. The molecule has 0 aromatic carbocycles. The van der Waals surface area contributed by atoms with Crippen molar-refractivity contribution >= 4 is 5.91 Å². The van der Waals surface area contributed by atoms with Gasteiger partial charge < -0.3 is 9.80 Å². The van der Waals surface area contributed by atoms with Crippen molar-refractivity contribution in [3.05, 3.63) is 29.6 Å². The van der Waals surface area contributed by atoms with E-state index in [0.29, 0.717) is 24.2 Å². The molecule has 1 amide bonds. The minimum Gasteiger partial charge on any atom is -0.337 e. The van der Waals surface area contributed by atoms with Crippen molar-refractivity contribution in [3.8, 4) is 0 Å². The maximum Gasteiger partial charge on any atom is 0.274 e. The van der Waals surface area contributed by atoms with Gasteiger partial charge in [0.15, 0.2) is 5.69 Å². The summed E-state index contributed by atoms with van der Waals surface area (Å²) in [4.78, 5) is 17.4. The van der Waals surface area contributed by atoms with Gasteiger partial charge in [0, 0.05) is 36.9 Å². The van der Waals surface area contributed by atoms with Crippen LogP contribution in [0.2, 0.25) is 0 Å². The molecule has 5 heteroatoms. The lowest BCUT2D eigenvalue weighted by Gasteiger charge is -2.33. The maximum absolute atomic E-state index is 13.0. The molecule has 25 heavy (non-hydrogen) atoms. The zero-order chi connectivity index (χ0) is 18.0. The molecular formula is C20H32N4O. The van der Waals surface area contributed by atoms with Crippen LogP contribution < -0.4 is 0 Å². The van der Waals surface area contributed by atoms with E-state index in [9.17, 15) is 4.79 Å². The molecule has 1 aromatic heterocycles. The first kappa shape index (κ1) is 18.2. The van der Waals surface area contributed by atoms with Crippen LogP contribution in [-0.2, 0) is 19.4 Å². The topological polar surface area (TPSA) is 41.4 Å². The van der Waals surface area contributed by atoms with Crippen molar-refractivity contribution in [1.82, 2.24) is 19.6 Å². The second kappa shape index (κ2) is 7.73. The summed E-state index contributed by atoms with van der Waals surface area (Å²) in [7, 11) is 2.21. The minimum atomic E-state index is 0.128. The standard InChI is InChI=1S/C20H32N4O/c1-5-10-24-18-9-8-16(22(4)14-15(2)3)13-17(18)19(21-24)20(25)23-11-6-7-12-23/h5,15-16H,1,6-14H2,2-4H3/t16-/m1/s1. The Labute approximate surface area is 151 Å². The molecule has 0 N–H and O–H groups in total. The van der Waals surface area contributed by atoms with E-state index in [2.05, 4.69) is 32.4 Å². The Morgan fingerprint density at radius 2 is 2.12 bits per heavy atom. The van der Waals surface area contributed by atoms with Crippen molar-refractivity contribution in [2.24, 2.45) is 5.92 Å². The van der Waals surface area contributed by atoms with Gasteiger partial charge in [0.05, 0.1) is 6.54 Å². The first-order valence-electron chi connectivity index (χ1n) is 9.70. The summed E-state index contributed by atoms with van der Waals surface area (Å²) in [6, 6.07) is 0.501. The summed E-state index contributed by atoms with van der Waals surface area (Å²) >= 11 is 0. The third-order valence-corrected chi connectivity index (χ3v) is 5.49. The second-order valence-corrected chi connectivity index (χ2v) is 7.97. The van der Waals surface area contributed by atoms with Crippen molar-refractivity contribution in [3.63, 3.8) is 0 Å². The number of allylic oxidation sites excluding steroid dienone is 1. The van der Waals surface area contributed by atoms with Crippen molar-refractivity contribution < 1.29 is 4.79 Å².